The molecular weight excluding hydrogens is 449 g/mol. The van der Waals surface area contributed by atoms with Gasteiger partial charge in [-0.25, -0.2) is 4.39 Å². The van der Waals surface area contributed by atoms with Crippen molar-refractivity contribution in [3.63, 3.8) is 0 Å². The smallest absolute Gasteiger partial charge is 0.320 e. The maximum atomic E-state index is 13.7. The van der Waals surface area contributed by atoms with Crippen LogP contribution in [0.25, 0.3) is 11.1 Å². The summed E-state index contributed by atoms with van der Waals surface area (Å²) in [5, 5.41) is 9.35. The quantitative estimate of drug-likeness (QED) is 0.435. The third-order valence-corrected chi connectivity index (χ3v) is 6.39. The molecule has 0 spiro atoms. The molecule has 1 N–H and O–H groups in total. The molecule has 1 aliphatic heterocycles. The third-order valence-electron chi connectivity index (χ3n) is 5.36. The average molecular weight is 474 g/mol. The van der Waals surface area contributed by atoms with E-state index < -0.39 is 12.0 Å². The van der Waals surface area contributed by atoms with E-state index in [1.807, 2.05) is 53.4 Å². The van der Waals surface area contributed by atoms with E-state index in [9.17, 15) is 14.3 Å². The van der Waals surface area contributed by atoms with Crippen molar-refractivity contribution < 1.29 is 19.0 Å². The van der Waals surface area contributed by atoms with Gasteiger partial charge in [-0.2, -0.15) is 0 Å². The van der Waals surface area contributed by atoms with Gasteiger partial charge in [-0.3, -0.25) is 9.69 Å². The second kappa shape index (κ2) is 11.4. The number of likely N-dealkylation sites (tertiary alicyclic amines) is 1. The first-order valence-electron chi connectivity index (χ1n) is 10.3. The zero-order chi connectivity index (χ0) is 21.6. The van der Waals surface area contributed by atoms with Crippen LogP contribution in [0, 0.1) is 5.82 Å². The number of ether oxygens (including phenoxy) is 1. The van der Waals surface area contributed by atoms with Gasteiger partial charge in [0.2, 0.25) is 0 Å². The van der Waals surface area contributed by atoms with Gasteiger partial charge in [0.05, 0.1) is 4.90 Å². The summed E-state index contributed by atoms with van der Waals surface area (Å²) >= 11 is 1.45. The van der Waals surface area contributed by atoms with E-state index >= 15 is 0 Å². The minimum atomic E-state index is -0.771. The molecule has 4 nitrogen and oxygen atoms in total. The Morgan fingerprint density at radius 2 is 1.88 bits per heavy atom. The lowest BCUT2D eigenvalue weighted by Gasteiger charge is -2.21. The number of halogens is 2. The summed E-state index contributed by atoms with van der Waals surface area (Å²) in [6, 6.07) is 22.1. The number of carboxylic acids is 1. The first-order valence-corrected chi connectivity index (χ1v) is 11.1. The fourth-order valence-electron chi connectivity index (χ4n) is 3.82. The van der Waals surface area contributed by atoms with E-state index in [-0.39, 0.29) is 18.2 Å². The number of aliphatic carboxylic acids is 1. The molecular formula is C25H25ClFNO3S. The zero-order valence-electron chi connectivity index (χ0n) is 17.4. The van der Waals surface area contributed by atoms with Gasteiger partial charge in [-0.05, 0) is 60.8 Å². The summed E-state index contributed by atoms with van der Waals surface area (Å²) < 4.78 is 19.8. The predicted octanol–water partition coefficient (Wildman–Crippen LogP) is 5.99. The first kappa shape index (κ1) is 24.1. The van der Waals surface area contributed by atoms with Crippen LogP contribution in [0.2, 0.25) is 0 Å². The average Bonchev–Trinajstić information content (AvgIpc) is 3.24. The molecule has 0 saturated carbocycles. The van der Waals surface area contributed by atoms with Crippen molar-refractivity contribution in [1.29, 1.82) is 0 Å². The maximum Gasteiger partial charge on any atom is 0.320 e. The van der Waals surface area contributed by atoms with Crippen molar-refractivity contribution in [2.24, 2.45) is 0 Å². The van der Waals surface area contributed by atoms with Gasteiger partial charge >= 0.3 is 5.97 Å². The van der Waals surface area contributed by atoms with E-state index in [1.165, 1.54) is 23.9 Å². The zero-order valence-corrected chi connectivity index (χ0v) is 19.1. The number of nitrogens with zero attached hydrogens (tertiary/aromatic N) is 1. The molecule has 32 heavy (non-hydrogen) atoms. The molecule has 0 radical (unpaired) electrons. The van der Waals surface area contributed by atoms with Crippen LogP contribution in [0.5, 0.6) is 5.75 Å². The minimum absolute atomic E-state index is 0. The number of carboxylic acid groups (broad SMARTS) is 1. The first-order chi connectivity index (χ1) is 15.1. The highest BCUT2D eigenvalue weighted by molar-refractivity contribution is 7.99. The lowest BCUT2D eigenvalue weighted by Crippen LogP contribution is -2.38. The third kappa shape index (κ3) is 6.03. The standard InChI is InChI=1S/C25H24FNO3S.ClH/c26-20-8-4-9-21(17-20)31-24-16-19(18-6-2-1-3-7-18)11-12-23(24)30-15-14-27-13-5-10-22(27)25(28)29;/h1-4,6-9,11-12,16-17,22H,5,10,13-15H2,(H,28,29);1H/t22-;/m0./s1. The fourth-order valence-corrected chi connectivity index (χ4v) is 4.81. The predicted molar refractivity (Wildman–Crippen MR) is 127 cm³/mol. The second-order valence-electron chi connectivity index (χ2n) is 7.47. The molecule has 1 aliphatic rings. The Kier molecular flexibility index (Phi) is 8.56. The molecule has 0 amide bonds. The van der Waals surface area contributed by atoms with Gasteiger partial charge in [0.25, 0.3) is 0 Å². The van der Waals surface area contributed by atoms with Gasteiger partial charge < -0.3 is 9.84 Å². The van der Waals surface area contributed by atoms with Crippen LogP contribution in [-0.2, 0) is 4.79 Å². The lowest BCUT2D eigenvalue weighted by atomic mass is 10.1. The largest absolute Gasteiger partial charge is 0.491 e. The Hall–Kier alpha value is -2.54. The van der Waals surface area contributed by atoms with Crippen molar-refractivity contribution in [1.82, 2.24) is 4.90 Å². The van der Waals surface area contributed by atoms with E-state index in [1.54, 1.807) is 6.07 Å². The number of benzene rings is 3. The Morgan fingerprint density at radius 1 is 1.06 bits per heavy atom. The van der Waals surface area contributed by atoms with Crippen LogP contribution in [0.15, 0.2) is 82.6 Å². The Balaban J connectivity index is 0.00000289. The van der Waals surface area contributed by atoms with Gasteiger partial charge in [-0.15, -0.1) is 12.4 Å². The van der Waals surface area contributed by atoms with Crippen LogP contribution < -0.4 is 4.74 Å². The van der Waals surface area contributed by atoms with Crippen LogP contribution >= 0.6 is 24.2 Å². The van der Waals surface area contributed by atoms with Crippen molar-refractivity contribution >= 4 is 30.1 Å². The lowest BCUT2D eigenvalue weighted by molar-refractivity contribution is -0.142. The van der Waals surface area contributed by atoms with Crippen LogP contribution in [0.1, 0.15) is 12.8 Å². The molecule has 168 valence electrons. The molecule has 0 aromatic heterocycles. The maximum absolute atomic E-state index is 13.7. The monoisotopic (exact) mass is 473 g/mol. The number of rotatable bonds is 8. The topological polar surface area (TPSA) is 49.8 Å². The van der Waals surface area contributed by atoms with Crippen molar-refractivity contribution in [3.05, 3.63) is 78.6 Å². The van der Waals surface area contributed by atoms with E-state index in [0.717, 1.165) is 33.9 Å². The molecule has 1 saturated heterocycles. The SMILES string of the molecule is Cl.O=C(O)[C@@H]1CCCN1CCOc1ccc(-c2ccccc2)cc1Sc1cccc(F)c1. The normalized spacial score (nSPS) is 15.8. The highest BCUT2D eigenvalue weighted by Crippen LogP contribution is 2.38. The summed E-state index contributed by atoms with van der Waals surface area (Å²) in [4.78, 5) is 15.0. The Morgan fingerprint density at radius 3 is 2.62 bits per heavy atom. The summed E-state index contributed by atoms with van der Waals surface area (Å²) in [5.41, 5.74) is 2.15. The van der Waals surface area contributed by atoms with Crippen molar-refractivity contribution in [3.8, 4) is 16.9 Å². The molecule has 1 atom stereocenters. The number of hydrogen-bond donors (Lipinski definition) is 1. The van der Waals surface area contributed by atoms with E-state index in [4.69, 9.17) is 4.74 Å². The van der Waals surface area contributed by atoms with E-state index in [2.05, 4.69) is 6.07 Å². The molecule has 1 heterocycles. The summed E-state index contributed by atoms with van der Waals surface area (Å²) in [7, 11) is 0. The highest BCUT2D eigenvalue weighted by Gasteiger charge is 2.30. The Bertz CT molecular complexity index is 1050. The molecule has 3 aromatic rings. The van der Waals surface area contributed by atoms with Gasteiger partial charge in [0, 0.05) is 11.4 Å². The minimum Gasteiger partial charge on any atom is -0.491 e. The van der Waals surface area contributed by atoms with Gasteiger partial charge in [0.1, 0.15) is 24.2 Å². The highest BCUT2D eigenvalue weighted by atomic mass is 35.5. The Labute approximate surface area is 197 Å². The molecule has 0 unspecified atom stereocenters. The number of hydrogen-bond acceptors (Lipinski definition) is 4. The van der Waals surface area contributed by atoms with Crippen molar-refractivity contribution in [2.75, 3.05) is 19.7 Å². The van der Waals surface area contributed by atoms with Crippen LogP contribution in [0.3, 0.4) is 0 Å². The molecule has 7 heteroatoms. The molecule has 1 fully saturated rings. The fraction of sp³-hybridized carbons (Fsp3) is 0.240. The molecule has 3 aromatic carbocycles. The molecule has 4 rings (SSSR count). The molecule has 0 aliphatic carbocycles. The summed E-state index contributed by atoms with van der Waals surface area (Å²) in [6.07, 6.45) is 1.57. The van der Waals surface area contributed by atoms with Gasteiger partial charge in [0.15, 0.2) is 0 Å². The summed E-state index contributed by atoms with van der Waals surface area (Å²) in [6.45, 7) is 1.73. The summed E-state index contributed by atoms with van der Waals surface area (Å²) in [5.74, 6) is -0.340. The van der Waals surface area contributed by atoms with Gasteiger partial charge in [-0.1, -0.05) is 54.2 Å². The van der Waals surface area contributed by atoms with E-state index in [0.29, 0.717) is 25.3 Å². The van der Waals surface area contributed by atoms with Crippen molar-refractivity contribution in [2.45, 2.75) is 28.7 Å². The number of carbonyl (C=O) groups is 1. The van der Waals surface area contributed by atoms with Crippen LogP contribution in [-0.4, -0.2) is 41.7 Å². The second-order valence-corrected chi connectivity index (χ2v) is 8.58. The van der Waals surface area contributed by atoms with Crippen LogP contribution in [0.4, 0.5) is 4.39 Å². The molecule has 0 bridgehead atoms.